The van der Waals surface area contributed by atoms with Crippen LogP contribution in [0, 0.1) is 23.6 Å². The second kappa shape index (κ2) is 4.96. The van der Waals surface area contributed by atoms with Crippen LogP contribution in [0.15, 0.2) is 18.2 Å². The fourth-order valence-electron chi connectivity index (χ4n) is 2.53. The van der Waals surface area contributed by atoms with Crippen LogP contribution < -0.4 is 4.74 Å². The topological polar surface area (TPSA) is 46.5 Å². The summed E-state index contributed by atoms with van der Waals surface area (Å²) < 4.78 is 18.4. The van der Waals surface area contributed by atoms with Crippen molar-refractivity contribution in [2.75, 3.05) is 7.11 Å². The molecular weight excluding hydrogens is 235 g/mol. The number of aliphatic carboxylic acids is 1. The highest BCUT2D eigenvalue weighted by molar-refractivity contribution is 5.73. The molecule has 0 saturated heterocycles. The lowest BCUT2D eigenvalue weighted by Crippen LogP contribution is -2.09. The van der Waals surface area contributed by atoms with Crippen molar-refractivity contribution in [3.8, 4) is 5.75 Å². The number of methoxy groups -OCH3 is 1. The van der Waals surface area contributed by atoms with Gasteiger partial charge in [0.25, 0.3) is 0 Å². The highest BCUT2D eigenvalue weighted by atomic mass is 19.1. The molecule has 2 rings (SSSR count). The van der Waals surface area contributed by atoms with Gasteiger partial charge >= 0.3 is 5.97 Å². The van der Waals surface area contributed by atoms with Gasteiger partial charge in [0.15, 0.2) is 0 Å². The first kappa shape index (κ1) is 12.9. The molecule has 0 spiro atoms. The molecule has 4 heteroatoms. The van der Waals surface area contributed by atoms with Gasteiger partial charge in [0.1, 0.15) is 11.6 Å². The summed E-state index contributed by atoms with van der Waals surface area (Å²) >= 11 is 0. The maximum atomic E-state index is 13.2. The molecule has 0 aromatic heterocycles. The van der Waals surface area contributed by atoms with Crippen LogP contribution >= 0.6 is 0 Å². The van der Waals surface area contributed by atoms with Gasteiger partial charge in [-0.15, -0.1) is 0 Å². The van der Waals surface area contributed by atoms with E-state index in [0.717, 1.165) is 12.0 Å². The Morgan fingerprint density at radius 2 is 2.33 bits per heavy atom. The summed E-state index contributed by atoms with van der Waals surface area (Å²) in [6, 6.07) is 4.44. The molecule has 0 bridgehead atoms. The highest BCUT2D eigenvalue weighted by Gasteiger charge is 2.46. The third kappa shape index (κ3) is 2.63. The molecule has 1 aromatic carbocycles. The Kier molecular flexibility index (Phi) is 3.55. The van der Waals surface area contributed by atoms with Crippen LogP contribution in [0.4, 0.5) is 4.39 Å². The molecule has 3 unspecified atom stereocenters. The first-order valence-electron chi connectivity index (χ1n) is 6.08. The van der Waals surface area contributed by atoms with Crippen LogP contribution in [0.2, 0.25) is 0 Å². The van der Waals surface area contributed by atoms with Crippen molar-refractivity contribution in [1.82, 2.24) is 0 Å². The quantitative estimate of drug-likeness (QED) is 0.876. The van der Waals surface area contributed by atoms with Gasteiger partial charge in [0, 0.05) is 0 Å². The number of hydrogen-bond donors (Lipinski definition) is 1. The lowest BCUT2D eigenvalue weighted by atomic mass is 9.95. The van der Waals surface area contributed by atoms with Gasteiger partial charge in [0.05, 0.1) is 13.0 Å². The van der Waals surface area contributed by atoms with E-state index in [0.29, 0.717) is 12.2 Å². The number of benzene rings is 1. The summed E-state index contributed by atoms with van der Waals surface area (Å²) in [7, 11) is 1.55. The fraction of sp³-hybridized carbons (Fsp3) is 0.500. The summed E-state index contributed by atoms with van der Waals surface area (Å²) in [6.07, 6.45) is 1.38. The van der Waals surface area contributed by atoms with E-state index in [2.05, 4.69) is 0 Å². The number of hydrogen-bond acceptors (Lipinski definition) is 2. The second-order valence-corrected chi connectivity index (χ2v) is 4.98. The van der Waals surface area contributed by atoms with Crippen molar-refractivity contribution < 1.29 is 19.0 Å². The zero-order valence-electron chi connectivity index (χ0n) is 10.5. The maximum absolute atomic E-state index is 13.2. The summed E-state index contributed by atoms with van der Waals surface area (Å²) in [5.41, 5.74) is 0.807. The highest BCUT2D eigenvalue weighted by Crippen LogP contribution is 2.45. The van der Waals surface area contributed by atoms with Gasteiger partial charge in [-0.25, -0.2) is 4.39 Å². The Morgan fingerprint density at radius 1 is 1.61 bits per heavy atom. The van der Waals surface area contributed by atoms with Crippen molar-refractivity contribution >= 4 is 5.97 Å². The molecular formula is C14H17FO3. The van der Waals surface area contributed by atoms with Gasteiger partial charge in [-0.1, -0.05) is 6.92 Å². The fourth-order valence-corrected chi connectivity index (χ4v) is 2.53. The average molecular weight is 252 g/mol. The Labute approximate surface area is 106 Å². The molecule has 1 fully saturated rings. The Hall–Kier alpha value is -1.58. The van der Waals surface area contributed by atoms with Crippen LogP contribution in [0.5, 0.6) is 5.75 Å². The van der Waals surface area contributed by atoms with E-state index in [1.165, 1.54) is 12.1 Å². The van der Waals surface area contributed by atoms with E-state index in [4.69, 9.17) is 9.84 Å². The van der Waals surface area contributed by atoms with Gasteiger partial charge in [-0.3, -0.25) is 4.79 Å². The van der Waals surface area contributed by atoms with Crippen molar-refractivity contribution in [3.63, 3.8) is 0 Å². The van der Waals surface area contributed by atoms with Crippen LogP contribution in [-0.2, 0) is 11.2 Å². The monoisotopic (exact) mass is 252 g/mol. The maximum Gasteiger partial charge on any atom is 0.306 e. The molecule has 1 aliphatic rings. The molecule has 18 heavy (non-hydrogen) atoms. The standard InChI is InChI=1S/C14H17FO3/c1-8(11-7-12(11)14(16)17)5-9-6-10(15)3-4-13(9)18-2/h3-4,6,8,11-12H,5,7H2,1-2H3,(H,16,17). The van der Waals surface area contributed by atoms with E-state index in [9.17, 15) is 9.18 Å². The van der Waals surface area contributed by atoms with E-state index in [1.807, 2.05) is 6.92 Å². The van der Waals surface area contributed by atoms with Crippen LogP contribution in [0.3, 0.4) is 0 Å². The lowest BCUT2D eigenvalue weighted by Gasteiger charge is -2.13. The molecule has 1 aliphatic carbocycles. The third-order valence-electron chi connectivity index (χ3n) is 3.67. The summed E-state index contributed by atoms with van der Waals surface area (Å²) in [4.78, 5) is 10.8. The minimum atomic E-state index is -0.724. The first-order chi connectivity index (χ1) is 8.52. The summed E-state index contributed by atoms with van der Waals surface area (Å²) in [5, 5.41) is 8.90. The van der Waals surface area contributed by atoms with E-state index >= 15 is 0 Å². The van der Waals surface area contributed by atoms with Crippen molar-refractivity contribution in [2.45, 2.75) is 19.8 Å². The molecule has 3 nitrogen and oxygen atoms in total. The van der Waals surface area contributed by atoms with Gasteiger partial charge in [0.2, 0.25) is 0 Å². The molecule has 98 valence electrons. The molecule has 0 heterocycles. The Bertz CT molecular complexity index is 458. The SMILES string of the molecule is COc1ccc(F)cc1CC(C)C1CC1C(=O)O. The number of rotatable bonds is 5. The molecule has 1 saturated carbocycles. The van der Waals surface area contributed by atoms with Crippen LogP contribution in [-0.4, -0.2) is 18.2 Å². The number of halogens is 1. The predicted octanol–water partition coefficient (Wildman–Crippen LogP) is 2.73. The average Bonchev–Trinajstić information content (AvgIpc) is 3.09. The number of carboxylic acid groups (broad SMARTS) is 1. The van der Waals surface area contributed by atoms with E-state index in [-0.39, 0.29) is 23.6 Å². The van der Waals surface area contributed by atoms with Crippen molar-refractivity contribution in [1.29, 1.82) is 0 Å². The van der Waals surface area contributed by atoms with Crippen LogP contribution in [0.1, 0.15) is 18.9 Å². The van der Waals surface area contributed by atoms with Crippen molar-refractivity contribution in [2.24, 2.45) is 17.8 Å². The first-order valence-corrected chi connectivity index (χ1v) is 6.08. The minimum Gasteiger partial charge on any atom is -0.496 e. The molecule has 1 N–H and O–H groups in total. The normalized spacial score (nSPS) is 23.5. The molecule has 3 atom stereocenters. The minimum absolute atomic E-state index is 0.204. The van der Waals surface area contributed by atoms with E-state index < -0.39 is 5.97 Å². The smallest absolute Gasteiger partial charge is 0.306 e. The third-order valence-corrected chi connectivity index (χ3v) is 3.67. The largest absolute Gasteiger partial charge is 0.496 e. The zero-order chi connectivity index (χ0) is 13.3. The molecule has 0 amide bonds. The number of carboxylic acids is 1. The number of ether oxygens (including phenoxy) is 1. The van der Waals surface area contributed by atoms with Crippen molar-refractivity contribution in [3.05, 3.63) is 29.6 Å². The molecule has 0 aliphatic heterocycles. The van der Waals surface area contributed by atoms with Gasteiger partial charge in [-0.2, -0.15) is 0 Å². The Morgan fingerprint density at radius 3 is 2.89 bits per heavy atom. The van der Waals surface area contributed by atoms with E-state index in [1.54, 1.807) is 13.2 Å². The summed E-state index contributed by atoms with van der Waals surface area (Å²) in [5.74, 6) is -0.144. The Balaban J connectivity index is 2.05. The van der Waals surface area contributed by atoms with Crippen LogP contribution in [0.25, 0.3) is 0 Å². The second-order valence-electron chi connectivity index (χ2n) is 4.98. The summed E-state index contributed by atoms with van der Waals surface area (Å²) in [6.45, 7) is 2.01. The lowest BCUT2D eigenvalue weighted by molar-refractivity contribution is -0.139. The number of carbonyl (C=O) groups is 1. The molecule has 1 aromatic rings. The van der Waals surface area contributed by atoms with Gasteiger partial charge in [-0.05, 0) is 48.4 Å². The predicted molar refractivity (Wildman–Crippen MR) is 65.1 cm³/mol. The molecule has 0 radical (unpaired) electrons. The van der Waals surface area contributed by atoms with Gasteiger partial charge < -0.3 is 9.84 Å². The zero-order valence-corrected chi connectivity index (χ0v) is 10.5.